The number of rotatable bonds is 4. The summed E-state index contributed by atoms with van der Waals surface area (Å²) in [7, 11) is 0. The van der Waals surface area contributed by atoms with Gasteiger partial charge >= 0.3 is 0 Å². The van der Waals surface area contributed by atoms with Crippen molar-refractivity contribution >= 4 is 83.5 Å². The molecule has 0 unspecified atom stereocenters. The fraction of sp³-hybridized carbons (Fsp3) is 0.103. The highest BCUT2D eigenvalue weighted by molar-refractivity contribution is 9.10. The van der Waals surface area contributed by atoms with E-state index >= 15 is 0 Å². The first-order valence-corrected chi connectivity index (χ1v) is 15.1. The maximum atomic E-state index is 12.7. The molecular formula is C29H19Br2ClN2OS2. The summed E-state index contributed by atoms with van der Waals surface area (Å²) < 4.78 is 0.796. The van der Waals surface area contributed by atoms with E-state index in [2.05, 4.69) is 105 Å². The van der Waals surface area contributed by atoms with Crippen LogP contribution in [-0.4, -0.2) is 10.8 Å². The number of Topliss-reactive ketones (excluding diaryl/α,β-unsaturated/α-hetero) is 1. The SMILES string of the molecule is CC(=O)C1=NN(c2ccc(Cl)cc2)[C@@]2(S1)SC(c1ccc(Br)cc1)(c1ccc(Br)cc1)c1ccccc12. The van der Waals surface area contributed by atoms with E-state index in [-0.39, 0.29) is 5.78 Å². The summed E-state index contributed by atoms with van der Waals surface area (Å²) in [6.07, 6.45) is 0. The van der Waals surface area contributed by atoms with Gasteiger partial charge < -0.3 is 0 Å². The molecule has 0 aliphatic carbocycles. The predicted octanol–water partition coefficient (Wildman–Crippen LogP) is 9.17. The second-order valence-corrected chi connectivity index (χ2v) is 13.9. The van der Waals surface area contributed by atoms with E-state index in [0.29, 0.717) is 10.1 Å². The first-order chi connectivity index (χ1) is 17.8. The Morgan fingerprint density at radius 2 is 1.35 bits per heavy atom. The molecule has 0 N–H and O–H groups in total. The van der Waals surface area contributed by atoms with E-state index < -0.39 is 8.95 Å². The number of halogens is 3. The van der Waals surface area contributed by atoms with Crippen molar-refractivity contribution in [1.29, 1.82) is 0 Å². The number of anilines is 1. The maximum Gasteiger partial charge on any atom is 0.187 e. The number of hydrogen-bond acceptors (Lipinski definition) is 5. The Hall–Kier alpha value is -2.03. The summed E-state index contributed by atoms with van der Waals surface area (Å²) in [5, 5.41) is 8.02. The lowest BCUT2D eigenvalue weighted by Gasteiger charge is -2.37. The lowest BCUT2D eigenvalue weighted by molar-refractivity contribution is -0.110. The van der Waals surface area contributed by atoms with Gasteiger partial charge in [-0.1, -0.05) is 116 Å². The van der Waals surface area contributed by atoms with Crippen LogP contribution in [0.1, 0.15) is 29.2 Å². The van der Waals surface area contributed by atoms with E-state index in [1.807, 2.05) is 29.3 Å². The first kappa shape index (κ1) is 25.3. The third-order valence-corrected chi connectivity index (χ3v) is 11.2. The van der Waals surface area contributed by atoms with E-state index in [1.54, 1.807) is 18.7 Å². The smallest absolute Gasteiger partial charge is 0.187 e. The molecule has 0 bridgehead atoms. The molecule has 37 heavy (non-hydrogen) atoms. The molecule has 0 saturated heterocycles. The number of carbonyl (C=O) groups excluding carboxylic acids is 1. The highest BCUT2D eigenvalue weighted by Crippen LogP contribution is 2.70. The van der Waals surface area contributed by atoms with Gasteiger partial charge in [-0.3, -0.25) is 4.79 Å². The number of benzene rings is 4. The van der Waals surface area contributed by atoms with Crippen molar-refractivity contribution in [2.75, 3.05) is 5.01 Å². The second kappa shape index (κ2) is 9.62. The highest BCUT2D eigenvalue weighted by Gasteiger charge is 2.61. The lowest BCUT2D eigenvalue weighted by atomic mass is 9.82. The zero-order chi connectivity index (χ0) is 25.8. The van der Waals surface area contributed by atoms with Gasteiger partial charge in [-0.25, -0.2) is 5.01 Å². The van der Waals surface area contributed by atoms with Crippen LogP contribution in [0.4, 0.5) is 5.69 Å². The van der Waals surface area contributed by atoms with E-state index in [4.69, 9.17) is 16.7 Å². The number of thioether (sulfide) groups is 2. The van der Waals surface area contributed by atoms with E-state index in [9.17, 15) is 4.79 Å². The highest BCUT2D eigenvalue weighted by atomic mass is 79.9. The summed E-state index contributed by atoms with van der Waals surface area (Å²) in [5.74, 6) is -0.0521. The maximum absolute atomic E-state index is 12.7. The molecule has 1 spiro atoms. The normalized spacial score (nSPS) is 19.7. The number of hydrazone groups is 1. The predicted molar refractivity (Wildman–Crippen MR) is 164 cm³/mol. The van der Waals surface area contributed by atoms with Gasteiger partial charge in [0.1, 0.15) is 0 Å². The van der Waals surface area contributed by atoms with Crippen LogP contribution < -0.4 is 5.01 Å². The Labute approximate surface area is 245 Å². The molecule has 0 fully saturated rings. The van der Waals surface area contributed by atoms with Crippen LogP contribution in [0.15, 0.2) is 111 Å². The largest absolute Gasteiger partial charge is 0.292 e. The fourth-order valence-corrected chi connectivity index (χ4v) is 9.10. The summed E-state index contributed by atoms with van der Waals surface area (Å²) in [5.41, 5.74) is 5.47. The van der Waals surface area contributed by atoms with Crippen LogP contribution in [0, 0.1) is 0 Å². The van der Waals surface area contributed by atoms with Gasteiger partial charge in [0, 0.05) is 26.5 Å². The molecule has 2 aliphatic rings. The number of hydrogen-bond donors (Lipinski definition) is 0. The van der Waals surface area contributed by atoms with Crippen LogP contribution in [0.2, 0.25) is 5.02 Å². The molecule has 0 amide bonds. The van der Waals surface area contributed by atoms with Crippen molar-refractivity contribution in [3.63, 3.8) is 0 Å². The summed E-state index contributed by atoms with van der Waals surface area (Å²) >= 11 is 16.8. The zero-order valence-corrected chi connectivity index (χ0v) is 25.1. The topological polar surface area (TPSA) is 32.7 Å². The minimum Gasteiger partial charge on any atom is -0.292 e. The number of fused-ring (bicyclic) bond motifs is 2. The van der Waals surface area contributed by atoms with Gasteiger partial charge in [-0.2, -0.15) is 5.10 Å². The van der Waals surface area contributed by atoms with Crippen LogP contribution in [0.25, 0.3) is 0 Å². The number of nitrogens with zero attached hydrogens (tertiary/aromatic N) is 2. The molecule has 1 atom stereocenters. The van der Waals surface area contributed by atoms with Crippen LogP contribution in [0.3, 0.4) is 0 Å². The van der Waals surface area contributed by atoms with Gasteiger partial charge in [0.15, 0.2) is 15.0 Å². The van der Waals surface area contributed by atoms with Crippen molar-refractivity contribution in [1.82, 2.24) is 0 Å². The Bertz CT molecular complexity index is 1500. The number of ketones is 1. The third kappa shape index (κ3) is 4.10. The minimum absolute atomic E-state index is 0.0521. The molecule has 2 heterocycles. The molecule has 184 valence electrons. The van der Waals surface area contributed by atoms with Crippen LogP contribution in [-0.2, 0) is 13.7 Å². The van der Waals surface area contributed by atoms with E-state index in [0.717, 1.165) is 31.3 Å². The Kier molecular flexibility index (Phi) is 6.56. The molecule has 4 aromatic carbocycles. The standard InChI is InChI=1S/C29H19Br2ClN2OS2/c1-18(35)27-33-34(24-16-14-23(32)15-17-24)29(36-27)26-5-3-2-4-25(26)28(37-29,19-6-10-21(30)11-7-19)20-8-12-22(31)13-9-20/h2-17H,1H3/t29-/m0/s1. The third-order valence-electron chi connectivity index (χ3n) is 6.52. The van der Waals surface area contributed by atoms with Crippen LogP contribution in [0.5, 0.6) is 0 Å². The second-order valence-electron chi connectivity index (χ2n) is 8.78. The monoisotopic (exact) mass is 668 g/mol. The average molecular weight is 671 g/mol. The van der Waals surface area contributed by atoms with Gasteiger partial charge in [-0.05, 0) is 65.2 Å². The van der Waals surface area contributed by atoms with Gasteiger partial charge in [0.25, 0.3) is 0 Å². The Morgan fingerprint density at radius 3 is 1.89 bits per heavy atom. The first-order valence-electron chi connectivity index (χ1n) is 11.5. The van der Waals surface area contributed by atoms with Crippen molar-refractivity contribution in [2.45, 2.75) is 15.9 Å². The molecule has 4 aromatic rings. The minimum atomic E-state index is -0.703. The lowest BCUT2D eigenvalue weighted by Crippen LogP contribution is -2.34. The Balaban J connectivity index is 1.64. The van der Waals surface area contributed by atoms with Crippen molar-refractivity contribution in [2.24, 2.45) is 5.10 Å². The zero-order valence-electron chi connectivity index (χ0n) is 19.5. The molecular weight excluding hydrogens is 652 g/mol. The summed E-state index contributed by atoms with van der Waals surface area (Å²) in [4.78, 5) is 12.7. The van der Waals surface area contributed by atoms with Crippen molar-refractivity contribution in [3.05, 3.63) is 133 Å². The molecule has 8 heteroatoms. The van der Waals surface area contributed by atoms with Gasteiger partial charge in [-0.15, -0.1) is 0 Å². The summed E-state index contributed by atoms with van der Waals surface area (Å²) in [6, 6.07) is 33.2. The van der Waals surface area contributed by atoms with Gasteiger partial charge in [0.2, 0.25) is 0 Å². The van der Waals surface area contributed by atoms with Crippen molar-refractivity contribution in [3.8, 4) is 0 Å². The average Bonchev–Trinajstić information content (AvgIpc) is 3.43. The molecule has 3 nitrogen and oxygen atoms in total. The molecule has 0 radical (unpaired) electrons. The summed E-state index contributed by atoms with van der Waals surface area (Å²) in [6.45, 7) is 1.58. The van der Waals surface area contributed by atoms with Crippen LogP contribution >= 0.6 is 67.0 Å². The molecule has 0 saturated carbocycles. The molecule has 6 rings (SSSR count). The fourth-order valence-electron chi connectivity index (χ4n) is 4.88. The molecule has 0 aromatic heterocycles. The molecule has 2 aliphatic heterocycles. The number of carbonyl (C=O) groups is 1. The van der Waals surface area contributed by atoms with Crippen molar-refractivity contribution < 1.29 is 4.79 Å². The van der Waals surface area contributed by atoms with E-state index in [1.165, 1.54) is 17.3 Å². The Morgan fingerprint density at radius 1 is 0.811 bits per heavy atom. The van der Waals surface area contributed by atoms with Gasteiger partial charge in [0.05, 0.1) is 10.4 Å². The quantitative estimate of drug-likeness (QED) is 0.217.